The third-order valence-corrected chi connectivity index (χ3v) is 5.93. The van der Waals surface area contributed by atoms with Gasteiger partial charge in [-0.1, -0.05) is 78.3 Å². The number of likely N-dealkylation sites (N-methyl/N-ethyl adjacent to an activating group) is 1. The van der Waals surface area contributed by atoms with Crippen molar-refractivity contribution >= 4 is 34.7 Å². The Labute approximate surface area is 187 Å². The summed E-state index contributed by atoms with van der Waals surface area (Å²) in [6, 6.07) is 24.6. The van der Waals surface area contributed by atoms with Crippen molar-refractivity contribution in [2.45, 2.75) is 20.4 Å². The van der Waals surface area contributed by atoms with E-state index >= 15 is 0 Å². The summed E-state index contributed by atoms with van der Waals surface area (Å²) in [6.07, 6.45) is 0. The lowest BCUT2D eigenvalue weighted by Gasteiger charge is -2.25. The molecular weight excluding hydrogens is 408 g/mol. The molecule has 31 heavy (non-hydrogen) atoms. The largest absolute Gasteiger partial charge is 0.362 e. The fourth-order valence-corrected chi connectivity index (χ4v) is 4.06. The Hall–Kier alpha value is -3.37. The first-order valence-corrected chi connectivity index (χ1v) is 10.6. The molecule has 0 N–H and O–H groups in total. The molecule has 0 saturated heterocycles. The highest BCUT2D eigenvalue weighted by Crippen LogP contribution is 2.37. The van der Waals surface area contributed by atoms with Gasteiger partial charge in [-0.25, -0.2) is 4.90 Å². The molecule has 0 atom stereocenters. The number of imide groups is 1. The summed E-state index contributed by atoms with van der Waals surface area (Å²) in [7, 11) is 0. The summed E-state index contributed by atoms with van der Waals surface area (Å²) < 4.78 is 0. The van der Waals surface area contributed by atoms with Crippen LogP contribution in [-0.2, 0) is 16.1 Å². The van der Waals surface area contributed by atoms with Crippen molar-refractivity contribution in [3.63, 3.8) is 0 Å². The summed E-state index contributed by atoms with van der Waals surface area (Å²) in [5, 5.41) is 0.518. The molecule has 1 aliphatic rings. The summed E-state index contributed by atoms with van der Waals surface area (Å²) in [4.78, 5) is 30.6. The lowest BCUT2D eigenvalue weighted by molar-refractivity contribution is -0.120. The number of nitrogens with zero attached hydrogens (tertiary/aromatic N) is 2. The molecule has 4 nitrogen and oxygen atoms in total. The van der Waals surface area contributed by atoms with Crippen LogP contribution in [0.15, 0.2) is 84.6 Å². The molecule has 1 heterocycles. The third kappa shape index (κ3) is 3.87. The molecule has 0 aliphatic carbocycles. The van der Waals surface area contributed by atoms with E-state index in [1.165, 1.54) is 4.90 Å². The second-order valence-corrected chi connectivity index (χ2v) is 7.83. The van der Waals surface area contributed by atoms with E-state index in [2.05, 4.69) is 0 Å². The Kier molecular flexibility index (Phi) is 5.92. The molecule has 0 bridgehead atoms. The Morgan fingerprint density at radius 2 is 1.48 bits per heavy atom. The van der Waals surface area contributed by atoms with E-state index in [0.717, 1.165) is 11.1 Å². The van der Waals surface area contributed by atoms with Crippen molar-refractivity contribution in [2.75, 3.05) is 11.4 Å². The Morgan fingerprint density at radius 3 is 2.13 bits per heavy atom. The zero-order valence-electron chi connectivity index (χ0n) is 17.5. The van der Waals surface area contributed by atoms with E-state index < -0.39 is 0 Å². The molecule has 5 heteroatoms. The first-order chi connectivity index (χ1) is 15.0. The third-order valence-electron chi connectivity index (χ3n) is 5.52. The fraction of sp³-hybridized carbons (Fsp3) is 0.154. The number of amides is 2. The number of benzene rings is 3. The van der Waals surface area contributed by atoms with Crippen LogP contribution in [0.3, 0.4) is 0 Å². The molecule has 4 rings (SSSR count). The van der Waals surface area contributed by atoms with Gasteiger partial charge in [0, 0.05) is 18.1 Å². The van der Waals surface area contributed by atoms with Gasteiger partial charge < -0.3 is 4.90 Å². The van der Waals surface area contributed by atoms with Crippen molar-refractivity contribution in [2.24, 2.45) is 0 Å². The van der Waals surface area contributed by atoms with Crippen molar-refractivity contribution in [3.8, 4) is 0 Å². The summed E-state index contributed by atoms with van der Waals surface area (Å²) >= 11 is 6.30. The minimum atomic E-state index is -0.330. The average Bonchev–Trinajstić information content (AvgIpc) is 3.05. The topological polar surface area (TPSA) is 40.6 Å². The Balaban J connectivity index is 1.85. The number of halogens is 1. The summed E-state index contributed by atoms with van der Waals surface area (Å²) in [6.45, 7) is 4.93. The van der Waals surface area contributed by atoms with Crippen molar-refractivity contribution in [1.82, 2.24) is 4.90 Å². The molecule has 0 aromatic heterocycles. The van der Waals surface area contributed by atoms with Gasteiger partial charge in [0.05, 0.1) is 11.3 Å². The van der Waals surface area contributed by atoms with Crippen LogP contribution in [0.1, 0.15) is 23.6 Å². The van der Waals surface area contributed by atoms with Gasteiger partial charge in [0.15, 0.2) is 0 Å². The van der Waals surface area contributed by atoms with Gasteiger partial charge in [-0.15, -0.1) is 0 Å². The van der Waals surface area contributed by atoms with Crippen LogP contribution in [0, 0.1) is 6.92 Å². The zero-order valence-corrected chi connectivity index (χ0v) is 18.3. The molecule has 2 amide bonds. The smallest absolute Gasteiger partial charge is 0.282 e. The van der Waals surface area contributed by atoms with E-state index in [-0.39, 0.29) is 11.8 Å². The molecular formula is C26H23ClN2O2. The lowest BCUT2D eigenvalue weighted by Crippen LogP contribution is -2.35. The van der Waals surface area contributed by atoms with Gasteiger partial charge in [-0.2, -0.15) is 0 Å². The number of carbonyl (C=O) groups excluding carboxylic acids is 2. The molecule has 0 spiro atoms. The Bertz CT molecular complexity index is 1160. The molecule has 1 aliphatic heterocycles. The molecule has 3 aromatic rings. The van der Waals surface area contributed by atoms with E-state index in [0.29, 0.717) is 40.6 Å². The molecule has 3 aromatic carbocycles. The quantitative estimate of drug-likeness (QED) is 0.488. The number of anilines is 1. The van der Waals surface area contributed by atoms with Gasteiger partial charge in [-0.3, -0.25) is 9.59 Å². The maximum Gasteiger partial charge on any atom is 0.282 e. The zero-order chi connectivity index (χ0) is 22.0. The number of hydrogen-bond acceptors (Lipinski definition) is 3. The van der Waals surface area contributed by atoms with Gasteiger partial charge in [0.2, 0.25) is 0 Å². The predicted octanol–water partition coefficient (Wildman–Crippen LogP) is 5.46. The maximum absolute atomic E-state index is 13.7. The highest BCUT2D eigenvalue weighted by Gasteiger charge is 2.42. The van der Waals surface area contributed by atoms with Gasteiger partial charge in [-0.05, 0) is 42.7 Å². The summed E-state index contributed by atoms with van der Waals surface area (Å²) in [5.74, 6) is -0.657. The second kappa shape index (κ2) is 8.78. The second-order valence-electron chi connectivity index (χ2n) is 7.42. The first-order valence-electron chi connectivity index (χ1n) is 10.3. The predicted molar refractivity (Wildman–Crippen MR) is 125 cm³/mol. The first kappa shape index (κ1) is 20.9. The normalized spacial score (nSPS) is 13.8. The minimum absolute atomic E-state index is 0.327. The van der Waals surface area contributed by atoms with Gasteiger partial charge in [0.1, 0.15) is 5.70 Å². The molecule has 0 saturated carbocycles. The maximum atomic E-state index is 13.7. The van der Waals surface area contributed by atoms with Crippen LogP contribution in [0.5, 0.6) is 0 Å². The highest BCUT2D eigenvalue weighted by atomic mass is 35.5. The van der Waals surface area contributed by atoms with Crippen molar-refractivity contribution < 1.29 is 9.59 Å². The number of hydrogen-bond donors (Lipinski definition) is 0. The summed E-state index contributed by atoms with van der Waals surface area (Å²) in [5.41, 5.74) is 3.85. The molecule has 0 fully saturated rings. The van der Waals surface area contributed by atoms with Gasteiger partial charge >= 0.3 is 0 Å². The average molecular weight is 431 g/mol. The van der Waals surface area contributed by atoms with Crippen LogP contribution in [0.4, 0.5) is 5.69 Å². The SMILES string of the molecule is CCN(Cc1ccccc1)C1=C(c2ccccc2)C(=O)N(c2cccc(Cl)c2C)C1=O. The van der Waals surface area contributed by atoms with Crippen LogP contribution in [0.25, 0.3) is 5.57 Å². The highest BCUT2D eigenvalue weighted by molar-refractivity contribution is 6.46. The van der Waals surface area contributed by atoms with Crippen LogP contribution in [0.2, 0.25) is 5.02 Å². The van der Waals surface area contributed by atoms with E-state index in [9.17, 15) is 9.59 Å². The Morgan fingerprint density at radius 1 is 0.839 bits per heavy atom. The lowest BCUT2D eigenvalue weighted by atomic mass is 10.0. The molecule has 156 valence electrons. The van der Waals surface area contributed by atoms with Crippen molar-refractivity contribution in [1.29, 1.82) is 0 Å². The van der Waals surface area contributed by atoms with Gasteiger partial charge in [0.25, 0.3) is 11.8 Å². The fourth-order valence-electron chi connectivity index (χ4n) is 3.89. The van der Waals surface area contributed by atoms with Crippen LogP contribution < -0.4 is 4.90 Å². The van der Waals surface area contributed by atoms with E-state index in [4.69, 9.17) is 11.6 Å². The van der Waals surface area contributed by atoms with E-state index in [1.807, 2.05) is 79.4 Å². The number of carbonyl (C=O) groups is 2. The molecule has 0 radical (unpaired) electrons. The molecule has 0 unspecified atom stereocenters. The van der Waals surface area contributed by atoms with Crippen LogP contribution >= 0.6 is 11.6 Å². The standard InChI is InChI=1S/C26H23ClN2O2/c1-3-28(17-19-11-6-4-7-12-19)24-23(20-13-8-5-9-14-20)25(30)29(26(24)31)22-16-10-15-21(27)18(22)2/h4-16H,3,17H2,1-2H3. The van der Waals surface area contributed by atoms with Crippen LogP contribution in [-0.4, -0.2) is 23.3 Å². The monoisotopic (exact) mass is 430 g/mol. The minimum Gasteiger partial charge on any atom is -0.362 e. The number of rotatable bonds is 6. The van der Waals surface area contributed by atoms with Crippen molar-refractivity contribution in [3.05, 3.63) is 106 Å². The van der Waals surface area contributed by atoms with E-state index in [1.54, 1.807) is 18.2 Å².